The predicted octanol–water partition coefficient (Wildman–Crippen LogP) is 1.30. The van der Waals surface area contributed by atoms with E-state index in [0.717, 1.165) is 16.6 Å². The van der Waals surface area contributed by atoms with Crippen molar-refractivity contribution in [3.8, 4) is 0 Å². The Hall–Kier alpha value is -2.17. The lowest BCUT2D eigenvalue weighted by atomic mass is 10.1. The number of amides is 1. The first-order valence-corrected chi connectivity index (χ1v) is 6.22. The van der Waals surface area contributed by atoms with Gasteiger partial charge in [0.15, 0.2) is 5.69 Å². The molecule has 5 nitrogen and oxygen atoms in total. The van der Waals surface area contributed by atoms with E-state index in [1.54, 1.807) is 14.0 Å². The Kier molecular flexibility index (Phi) is 3.38. The first kappa shape index (κ1) is 13.3. The maximum absolute atomic E-state index is 12.1. The molecule has 100 valence electrons. The number of fused-ring (bicyclic) bond motifs is 1. The highest BCUT2D eigenvalue weighted by molar-refractivity contribution is 5.93. The number of rotatable bonds is 2. The summed E-state index contributed by atoms with van der Waals surface area (Å²) in [6.07, 6.45) is 0. The molecule has 0 radical (unpaired) electrons. The van der Waals surface area contributed by atoms with Crippen molar-refractivity contribution in [3.05, 3.63) is 39.3 Å². The summed E-state index contributed by atoms with van der Waals surface area (Å²) < 4.78 is 1.47. The number of aromatic nitrogens is 2. The lowest BCUT2D eigenvalue weighted by molar-refractivity contribution is 0.0949. The average Bonchev–Trinajstić information content (AvgIpc) is 2.36. The zero-order valence-electron chi connectivity index (χ0n) is 11.6. The van der Waals surface area contributed by atoms with E-state index in [9.17, 15) is 9.59 Å². The van der Waals surface area contributed by atoms with Crippen molar-refractivity contribution in [1.82, 2.24) is 14.9 Å². The first-order valence-electron chi connectivity index (χ1n) is 6.22. The zero-order valence-corrected chi connectivity index (χ0v) is 11.6. The molecule has 1 amide bonds. The first-order chi connectivity index (χ1) is 8.95. The monoisotopic (exact) mass is 259 g/mol. The normalized spacial score (nSPS) is 10.7. The molecule has 19 heavy (non-hydrogen) atoms. The molecule has 0 bridgehead atoms. The van der Waals surface area contributed by atoms with Crippen LogP contribution in [0.3, 0.4) is 0 Å². The molecule has 0 atom stereocenters. The minimum Gasteiger partial charge on any atom is -0.351 e. The standard InChI is InChI=1S/C14H17N3O2/c1-5-15-13(18)12-14(19)17(4)11-7-9(3)8(2)6-10(11)16-12/h6-7H,5H2,1-4H3,(H,15,18). The quantitative estimate of drug-likeness (QED) is 0.884. The Morgan fingerprint density at radius 1 is 1.32 bits per heavy atom. The Bertz CT molecular complexity index is 717. The van der Waals surface area contributed by atoms with Crippen LogP contribution in [-0.2, 0) is 7.05 Å². The topological polar surface area (TPSA) is 64.0 Å². The third kappa shape index (κ3) is 2.23. The summed E-state index contributed by atoms with van der Waals surface area (Å²) in [6.45, 7) is 6.23. The molecule has 2 aromatic rings. The Morgan fingerprint density at radius 2 is 1.95 bits per heavy atom. The van der Waals surface area contributed by atoms with Crippen LogP contribution >= 0.6 is 0 Å². The van der Waals surface area contributed by atoms with E-state index in [4.69, 9.17) is 0 Å². The van der Waals surface area contributed by atoms with Crippen molar-refractivity contribution >= 4 is 16.9 Å². The lowest BCUT2D eigenvalue weighted by Crippen LogP contribution is -2.33. The molecule has 0 fully saturated rings. The van der Waals surface area contributed by atoms with Crippen LogP contribution in [0.15, 0.2) is 16.9 Å². The highest BCUT2D eigenvalue weighted by Crippen LogP contribution is 2.16. The van der Waals surface area contributed by atoms with Crippen LogP contribution in [0.4, 0.5) is 0 Å². The van der Waals surface area contributed by atoms with Gasteiger partial charge in [-0.1, -0.05) is 0 Å². The van der Waals surface area contributed by atoms with Gasteiger partial charge in [0.05, 0.1) is 11.0 Å². The molecule has 0 saturated carbocycles. The van der Waals surface area contributed by atoms with Gasteiger partial charge < -0.3 is 9.88 Å². The van der Waals surface area contributed by atoms with Crippen molar-refractivity contribution in [1.29, 1.82) is 0 Å². The summed E-state index contributed by atoms with van der Waals surface area (Å²) in [7, 11) is 1.66. The fourth-order valence-corrected chi connectivity index (χ4v) is 1.97. The minimum atomic E-state index is -0.428. The number of hydrogen-bond acceptors (Lipinski definition) is 3. The van der Waals surface area contributed by atoms with Crippen molar-refractivity contribution < 1.29 is 4.79 Å². The molecule has 0 aliphatic rings. The van der Waals surface area contributed by atoms with Gasteiger partial charge in [0, 0.05) is 13.6 Å². The number of carbonyl (C=O) groups excluding carboxylic acids is 1. The Labute approximate surface area is 111 Å². The van der Waals surface area contributed by atoms with Gasteiger partial charge in [-0.3, -0.25) is 9.59 Å². The van der Waals surface area contributed by atoms with Gasteiger partial charge in [0.1, 0.15) is 0 Å². The van der Waals surface area contributed by atoms with Gasteiger partial charge in [-0.25, -0.2) is 4.98 Å². The van der Waals surface area contributed by atoms with E-state index >= 15 is 0 Å². The van der Waals surface area contributed by atoms with E-state index in [1.165, 1.54) is 4.57 Å². The van der Waals surface area contributed by atoms with Crippen LogP contribution in [0, 0.1) is 13.8 Å². The fourth-order valence-electron chi connectivity index (χ4n) is 1.97. The van der Waals surface area contributed by atoms with Crippen LogP contribution in [0.5, 0.6) is 0 Å². The Balaban J connectivity index is 2.76. The molecule has 1 aromatic carbocycles. The average molecular weight is 259 g/mol. The highest BCUT2D eigenvalue weighted by atomic mass is 16.2. The molecule has 5 heteroatoms. The van der Waals surface area contributed by atoms with Gasteiger partial charge in [-0.2, -0.15) is 0 Å². The molecule has 0 aliphatic heterocycles. The maximum atomic E-state index is 12.1. The minimum absolute atomic E-state index is 0.0555. The van der Waals surface area contributed by atoms with Crippen molar-refractivity contribution in [2.45, 2.75) is 20.8 Å². The molecule has 2 rings (SSSR count). The molecular weight excluding hydrogens is 242 g/mol. The van der Waals surface area contributed by atoms with Crippen LogP contribution < -0.4 is 10.9 Å². The highest BCUT2D eigenvalue weighted by Gasteiger charge is 2.15. The van der Waals surface area contributed by atoms with Gasteiger partial charge in [0.25, 0.3) is 11.5 Å². The number of hydrogen-bond donors (Lipinski definition) is 1. The molecule has 0 saturated heterocycles. The molecule has 0 aliphatic carbocycles. The SMILES string of the molecule is CCNC(=O)c1nc2cc(C)c(C)cc2n(C)c1=O. The third-order valence-corrected chi connectivity index (χ3v) is 3.24. The van der Waals surface area contributed by atoms with Crippen LogP contribution in [-0.4, -0.2) is 22.0 Å². The van der Waals surface area contributed by atoms with E-state index in [2.05, 4.69) is 10.3 Å². The molecular formula is C14H17N3O2. The van der Waals surface area contributed by atoms with Gasteiger partial charge in [0.2, 0.25) is 0 Å². The number of nitrogens with one attached hydrogen (secondary N) is 1. The van der Waals surface area contributed by atoms with Gasteiger partial charge >= 0.3 is 0 Å². The fraction of sp³-hybridized carbons (Fsp3) is 0.357. The lowest BCUT2D eigenvalue weighted by Gasteiger charge is -2.10. The van der Waals surface area contributed by atoms with Crippen LogP contribution in [0.2, 0.25) is 0 Å². The number of benzene rings is 1. The summed E-state index contributed by atoms with van der Waals surface area (Å²) in [5.74, 6) is -0.428. The van der Waals surface area contributed by atoms with E-state index in [-0.39, 0.29) is 11.3 Å². The largest absolute Gasteiger partial charge is 0.351 e. The summed E-state index contributed by atoms with van der Waals surface area (Å²) in [5, 5.41) is 2.61. The van der Waals surface area contributed by atoms with Crippen molar-refractivity contribution in [2.75, 3.05) is 6.54 Å². The predicted molar refractivity (Wildman–Crippen MR) is 74.5 cm³/mol. The molecule has 0 spiro atoms. The summed E-state index contributed by atoms with van der Waals surface area (Å²) in [5.41, 5.74) is 3.14. The second-order valence-corrected chi connectivity index (χ2v) is 4.61. The molecule has 0 unspecified atom stereocenters. The maximum Gasteiger partial charge on any atom is 0.282 e. The van der Waals surface area contributed by atoms with Crippen LogP contribution in [0.25, 0.3) is 11.0 Å². The molecule has 1 heterocycles. The second kappa shape index (κ2) is 4.84. The molecule has 1 aromatic heterocycles. The van der Waals surface area contributed by atoms with Gasteiger partial charge in [-0.05, 0) is 44.0 Å². The van der Waals surface area contributed by atoms with Crippen LogP contribution in [0.1, 0.15) is 28.5 Å². The second-order valence-electron chi connectivity index (χ2n) is 4.61. The summed E-state index contributed by atoms with van der Waals surface area (Å²) in [6, 6.07) is 3.81. The molecule has 1 N–H and O–H groups in total. The Morgan fingerprint density at radius 3 is 2.58 bits per heavy atom. The van der Waals surface area contributed by atoms with Gasteiger partial charge in [-0.15, -0.1) is 0 Å². The number of nitrogens with zero attached hydrogens (tertiary/aromatic N) is 2. The van der Waals surface area contributed by atoms with Crippen molar-refractivity contribution in [2.24, 2.45) is 7.05 Å². The zero-order chi connectivity index (χ0) is 14.2. The smallest absolute Gasteiger partial charge is 0.282 e. The van der Waals surface area contributed by atoms with E-state index in [0.29, 0.717) is 12.1 Å². The third-order valence-electron chi connectivity index (χ3n) is 3.24. The summed E-state index contributed by atoms with van der Waals surface area (Å²) in [4.78, 5) is 28.2. The van der Waals surface area contributed by atoms with E-state index < -0.39 is 5.91 Å². The number of carbonyl (C=O) groups is 1. The summed E-state index contributed by atoms with van der Waals surface area (Å²) >= 11 is 0. The number of aryl methyl sites for hydroxylation is 3. The van der Waals surface area contributed by atoms with E-state index in [1.807, 2.05) is 26.0 Å². The van der Waals surface area contributed by atoms with Crippen molar-refractivity contribution in [3.63, 3.8) is 0 Å².